The molecule has 6 nitrogen and oxygen atoms in total. The number of benzene rings is 3. The maximum atomic E-state index is 13.1. The maximum absolute atomic E-state index is 13.1. The molecule has 0 radical (unpaired) electrons. The number of nitrogens with zero attached hydrogens (tertiary/aromatic N) is 1. The van der Waals surface area contributed by atoms with Crippen LogP contribution >= 0.6 is 0 Å². The molecule has 0 aromatic heterocycles. The molecule has 0 fully saturated rings. The Morgan fingerprint density at radius 2 is 1.91 bits per heavy atom. The zero-order valence-electron chi connectivity index (χ0n) is 19.2. The van der Waals surface area contributed by atoms with Gasteiger partial charge in [-0.25, -0.2) is 4.39 Å². The molecule has 1 aliphatic rings. The van der Waals surface area contributed by atoms with E-state index in [-0.39, 0.29) is 24.1 Å². The predicted octanol–water partition coefficient (Wildman–Crippen LogP) is 4.37. The summed E-state index contributed by atoms with van der Waals surface area (Å²) in [5.74, 6) is 0.776. The molecule has 0 aliphatic carbocycles. The van der Waals surface area contributed by atoms with E-state index in [1.807, 2.05) is 30.3 Å². The zero-order chi connectivity index (χ0) is 24.1. The number of hydrogen-bond acceptors (Lipinski definition) is 4. The average molecular weight is 463 g/mol. The number of methoxy groups -OCH3 is 1. The third-order valence-corrected chi connectivity index (χ3v) is 5.79. The molecule has 1 aliphatic heterocycles. The van der Waals surface area contributed by atoms with Crippen molar-refractivity contribution in [3.05, 3.63) is 89.2 Å². The summed E-state index contributed by atoms with van der Waals surface area (Å²) in [6, 6.07) is 19.0. The van der Waals surface area contributed by atoms with Gasteiger partial charge in [0.2, 0.25) is 5.91 Å². The van der Waals surface area contributed by atoms with Crippen molar-refractivity contribution < 1.29 is 23.5 Å². The first-order chi connectivity index (χ1) is 16.4. The quantitative estimate of drug-likeness (QED) is 0.566. The van der Waals surface area contributed by atoms with Gasteiger partial charge >= 0.3 is 0 Å². The van der Waals surface area contributed by atoms with Gasteiger partial charge in [-0.15, -0.1) is 0 Å². The Kier molecular flexibility index (Phi) is 7.11. The zero-order valence-corrected chi connectivity index (χ0v) is 19.2. The second-order valence-corrected chi connectivity index (χ2v) is 8.26. The van der Waals surface area contributed by atoms with E-state index in [9.17, 15) is 14.0 Å². The van der Waals surface area contributed by atoms with Gasteiger partial charge in [-0.3, -0.25) is 9.59 Å². The fraction of sp³-hybridized carbons (Fsp3) is 0.259. The summed E-state index contributed by atoms with van der Waals surface area (Å²) in [5, 5.41) is 2.88. The molecule has 4 rings (SSSR count). The number of fused-ring (bicyclic) bond motifs is 1. The molecule has 1 unspecified atom stereocenters. The number of rotatable bonds is 7. The predicted molar refractivity (Wildman–Crippen MR) is 127 cm³/mol. The highest BCUT2D eigenvalue weighted by molar-refractivity contribution is 5.92. The van der Waals surface area contributed by atoms with Crippen LogP contribution in [0.2, 0.25) is 0 Å². The van der Waals surface area contributed by atoms with Crippen molar-refractivity contribution in [3.8, 4) is 11.5 Å². The Bertz CT molecular complexity index is 1180. The van der Waals surface area contributed by atoms with Gasteiger partial charge in [0.1, 0.15) is 17.3 Å². The van der Waals surface area contributed by atoms with Crippen molar-refractivity contribution in [2.75, 3.05) is 19.0 Å². The molecule has 0 saturated carbocycles. The number of halogens is 1. The highest BCUT2D eigenvalue weighted by Crippen LogP contribution is 2.29. The summed E-state index contributed by atoms with van der Waals surface area (Å²) < 4.78 is 24.4. The minimum absolute atomic E-state index is 0.0898. The minimum Gasteiger partial charge on any atom is -0.496 e. The number of para-hydroxylation sites is 1. The highest BCUT2D eigenvalue weighted by atomic mass is 19.1. The molecule has 0 bridgehead atoms. The Morgan fingerprint density at radius 3 is 2.68 bits per heavy atom. The first-order valence-electron chi connectivity index (χ1n) is 11.2. The summed E-state index contributed by atoms with van der Waals surface area (Å²) in [4.78, 5) is 27.2. The largest absolute Gasteiger partial charge is 0.496 e. The van der Waals surface area contributed by atoms with Gasteiger partial charge < -0.3 is 19.7 Å². The third kappa shape index (κ3) is 5.54. The van der Waals surface area contributed by atoms with E-state index in [1.165, 1.54) is 12.1 Å². The summed E-state index contributed by atoms with van der Waals surface area (Å²) in [7, 11) is 1.63. The monoisotopic (exact) mass is 462 g/mol. The van der Waals surface area contributed by atoms with Gasteiger partial charge in [-0.2, -0.15) is 0 Å². The fourth-order valence-electron chi connectivity index (χ4n) is 4.02. The second kappa shape index (κ2) is 10.4. The molecule has 1 heterocycles. The van der Waals surface area contributed by atoms with Gasteiger partial charge in [0.15, 0.2) is 6.10 Å². The minimum atomic E-state index is -0.613. The van der Waals surface area contributed by atoms with Crippen molar-refractivity contribution >= 4 is 17.5 Å². The summed E-state index contributed by atoms with van der Waals surface area (Å²) in [6.45, 7) is 2.62. The van der Waals surface area contributed by atoms with E-state index in [4.69, 9.17) is 9.47 Å². The van der Waals surface area contributed by atoms with Gasteiger partial charge in [0.25, 0.3) is 5.91 Å². The molecular formula is C27H27FN2O4. The molecule has 2 amide bonds. The molecule has 0 saturated heterocycles. The van der Waals surface area contributed by atoms with Crippen LogP contribution in [0, 0.1) is 5.82 Å². The molecule has 176 valence electrons. The van der Waals surface area contributed by atoms with Crippen molar-refractivity contribution in [3.63, 3.8) is 0 Å². The molecule has 1 N–H and O–H groups in total. The molecule has 7 heteroatoms. The van der Waals surface area contributed by atoms with E-state index in [2.05, 4.69) is 5.32 Å². The van der Waals surface area contributed by atoms with E-state index in [1.54, 1.807) is 43.2 Å². The van der Waals surface area contributed by atoms with Crippen molar-refractivity contribution in [1.82, 2.24) is 4.90 Å². The lowest BCUT2D eigenvalue weighted by atomic mass is 10.1. The second-order valence-electron chi connectivity index (χ2n) is 8.26. The van der Waals surface area contributed by atoms with Crippen LogP contribution in [-0.4, -0.2) is 36.5 Å². The van der Waals surface area contributed by atoms with E-state index in [0.29, 0.717) is 30.9 Å². The SMILES string of the molecule is COc1ccccc1CCN1Cc2cc(NC(=O)Cc3ccc(F)cc3)ccc2OC(C)C1=O. The first kappa shape index (κ1) is 23.3. The highest BCUT2D eigenvalue weighted by Gasteiger charge is 2.28. The molecule has 3 aromatic rings. The molecular weight excluding hydrogens is 435 g/mol. The number of hydrogen-bond donors (Lipinski definition) is 1. The Labute approximate surface area is 198 Å². The van der Waals surface area contributed by atoms with Gasteiger partial charge in [-0.05, 0) is 60.9 Å². The lowest BCUT2D eigenvalue weighted by Gasteiger charge is -2.22. The molecule has 0 spiro atoms. The summed E-state index contributed by atoms with van der Waals surface area (Å²) in [6.07, 6.45) is 0.165. The van der Waals surface area contributed by atoms with Crippen LogP contribution in [0.1, 0.15) is 23.6 Å². The number of anilines is 1. The maximum Gasteiger partial charge on any atom is 0.263 e. The van der Waals surface area contributed by atoms with Gasteiger partial charge in [0.05, 0.1) is 13.5 Å². The number of carbonyl (C=O) groups excluding carboxylic acids is 2. The van der Waals surface area contributed by atoms with Crippen molar-refractivity contribution in [1.29, 1.82) is 0 Å². The normalized spacial score (nSPS) is 15.2. The Balaban J connectivity index is 1.47. The number of nitrogens with one attached hydrogen (secondary N) is 1. The fourth-order valence-corrected chi connectivity index (χ4v) is 4.02. The number of carbonyl (C=O) groups is 2. The van der Waals surface area contributed by atoms with Crippen molar-refractivity contribution in [2.45, 2.75) is 32.4 Å². The van der Waals surface area contributed by atoms with Gasteiger partial charge in [0, 0.05) is 24.3 Å². The van der Waals surface area contributed by atoms with Crippen LogP contribution in [-0.2, 0) is 29.0 Å². The van der Waals surface area contributed by atoms with E-state index in [0.717, 1.165) is 22.4 Å². The van der Waals surface area contributed by atoms with Crippen LogP contribution in [0.4, 0.5) is 10.1 Å². The van der Waals surface area contributed by atoms with Crippen LogP contribution in [0.3, 0.4) is 0 Å². The van der Waals surface area contributed by atoms with Crippen LogP contribution in [0.25, 0.3) is 0 Å². The summed E-state index contributed by atoms with van der Waals surface area (Å²) in [5.41, 5.74) is 3.18. The topological polar surface area (TPSA) is 67.9 Å². The lowest BCUT2D eigenvalue weighted by molar-refractivity contribution is -0.137. The molecule has 34 heavy (non-hydrogen) atoms. The average Bonchev–Trinajstić information content (AvgIpc) is 2.95. The van der Waals surface area contributed by atoms with E-state index < -0.39 is 6.10 Å². The Morgan fingerprint density at radius 1 is 1.15 bits per heavy atom. The number of amides is 2. The van der Waals surface area contributed by atoms with Crippen LogP contribution in [0.5, 0.6) is 11.5 Å². The number of ether oxygens (including phenoxy) is 2. The molecule has 3 aromatic carbocycles. The summed E-state index contributed by atoms with van der Waals surface area (Å²) >= 11 is 0. The van der Waals surface area contributed by atoms with Gasteiger partial charge in [-0.1, -0.05) is 30.3 Å². The third-order valence-electron chi connectivity index (χ3n) is 5.79. The standard InChI is InChI=1S/C27H27FN2O4/c1-18-27(32)30(14-13-20-5-3-4-6-24(20)33-2)17-21-16-23(11-12-25(21)34-18)29-26(31)15-19-7-9-22(28)10-8-19/h3-12,16,18H,13-15,17H2,1-2H3,(H,29,31). The Hall–Kier alpha value is -3.87. The van der Waals surface area contributed by atoms with Crippen molar-refractivity contribution in [2.24, 2.45) is 0 Å². The smallest absolute Gasteiger partial charge is 0.263 e. The first-order valence-corrected chi connectivity index (χ1v) is 11.2. The van der Waals surface area contributed by atoms with Crippen LogP contribution < -0.4 is 14.8 Å². The lowest BCUT2D eigenvalue weighted by Crippen LogP contribution is -2.39. The van der Waals surface area contributed by atoms with E-state index >= 15 is 0 Å². The van der Waals surface area contributed by atoms with Crippen LogP contribution in [0.15, 0.2) is 66.7 Å². The molecule has 1 atom stereocenters.